The molecule has 3 unspecified atom stereocenters. The molecule has 0 spiro atoms. The van der Waals surface area contributed by atoms with Gasteiger partial charge in [0.2, 0.25) is 0 Å². The number of carbonyl (C=O) groups excluding carboxylic acids is 1. The van der Waals surface area contributed by atoms with E-state index in [1.807, 2.05) is 4.08 Å². The number of nitrogens with zero attached hydrogens (tertiary/aromatic N) is 1. The zero-order valence-corrected chi connectivity index (χ0v) is 14.1. The highest BCUT2D eigenvalue weighted by Crippen LogP contribution is 2.26. The SMILES string of the molecule is COC(CC/C=C/[123I])C1CN(C)CCC1OC(C)=O. The molecule has 110 valence electrons. The number of allylic oxidation sites excluding steroid dienone is 1. The van der Waals surface area contributed by atoms with Crippen LogP contribution in [0, 0.1) is 5.92 Å². The number of halogens is 1. The van der Waals surface area contributed by atoms with Crippen molar-refractivity contribution in [3.8, 4) is 0 Å². The lowest BCUT2D eigenvalue weighted by atomic mass is 9.87. The van der Waals surface area contributed by atoms with Gasteiger partial charge in [0.05, 0.1) is 6.10 Å². The van der Waals surface area contributed by atoms with Gasteiger partial charge < -0.3 is 14.4 Å². The molecule has 19 heavy (non-hydrogen) atoms. The summed E-state index contributed by atoms with van der Waals surface area (Å²) in [7, 11) is 3.85. The van der Waals surface area contributed by atoms with Crippen molar-refractivity contribution in [1.29, 1.82) is 0 Å². The predicted molar refractivity (Wildman–Crippen MR) is 84.3 cm³/mol. The van der Waals surface area contributed by atoms with Crippen LogP contribution < -0.4 is 0 Å². The van der Waals surface area contributed by atoms with Gasteiger partial charge in [0.25, 0.3) is 0 Å². The Hall–Kier alpha value is -0.140. The van der Waals surface area contributed by atoms with Crippen LogP contribution in [-0.4, -0.2) is 50.3 Å². The summed E-state index contributed by atoms with van der Waals surface area (Å²) in [5.41, 5.74) is 0. The van der Waals surface area contributed by atoms with Crippen LogP contribution in [0.4, 0.5) is 0 Å². The second kappa shape index (κ2) is 8.92. The normalized spacial score (nSPS) is 26.5. The molecule has 1 aliphatic heterocycles. The largest absolute Gasteiger partial charge is 0.462 e. The molecule has 1 aliphatic rings. The highest BCUT2D eigenvalue weighted by Gasteiger charge is 2.35. The van der Waals surface area contributed by atoms with E-state index in [0.717, 1.165) is 32.4 Å². The van der Waals surface area contributed by atoms with E-state index in [4.69, 9.17) is 9.47 Å². The molecule has 0 aromatic heterocycles. The van der Waals surface area contributed by atoms with Gasteiger partial charge in [-0.15, -0.1) is 0 Å². The minimum atomic E-state index is -0.193. The number of esters is 1. The van der Waals surface area contributed by atoms with Crippen molar-refractivity contribution in [2.45, 2.75) is 38.4 Å². The standard InChI is InChI=1S/C14H24INO3/c1-11(17)19-14-7-9-16(2)10-12(14)13(18-3)6-4-5-8-15/h5,8,12-14H,4,6-7,9-10H2,1-3H3/b8-5+/i15-4. The molecular formula is C14H24INO3. The van der Waals surface area contributed by atoms with Crippen molar-refractivity contribution >= 4 is 28.6 Å². The van der Waals surface area contributed by atoms with Crippen LogP contribution in [0.2, 0.25) is 0 Å². The van der Waals surface area contributed by atoms with Gasteiger partial charge in [0, 0.05) is 33.0 Å². The fourth-order valence-corrected chi connectivity index (χ4v) is 3.04. The van der Waals surface area contributed by atoms with Gasteiger partial charge in [-0.1, -0.05) is 28.7 Å². The van der Waals surface area contributed by atoms with Gasteiger partial charge in [-0.25, -0.2) is 0 Å². The second-order valence-electron chi connectivity index (χ2n) is 5.08. The van der Waals surface area contributed by atoms with Crippen LogP contribution in [0.15, 0.2) is 10.2 Å². The molecule has 0 amide bonds. The summed E-state index contributed by atoms with van der Waals surface area (Å²) < 4.78 is 13.1. The summed E-state index contributed by atoms with van der Waals surface area (Å²) in [5.74, 6) is 0.0665. The number of hydrogen-bond acceptors (Lipinski definition) is 4. The smallest absolute Gasteiger partial charge is 0.302 e. The summed E-state index contributed by atoms with van der Waals surface area (Å²) in [5, 5.41) is 0. The van der Waals surface area contributed by atoms with Gasteiger partial charge in [0.1, 0.15) is 6.10 Å². The minimum Gasteiger partial charge on any atom is -0.462 e. The Morgan fingerprint density at radius 2 is 2.32 bits per heavy atom. The first kappa shape index (κ1) is 16.9. The summed E-state index contributed by atoms with van der Waals surface area (Å²) in [4.78, 5) is 13.5. The number of piperidine rings is 1. The molecule has 0 N–H and O–H groups in total. The van der Waals surface area contributed by atoms with Crippen molar-refractivity contribution in [2.24, 2.45) is 5.92 Å². The van der Waals surface area contributed by atoms with E-state index in [2.05, 4.69) is 40.6 Å². The Labute approximate surface area is 129 Å². The first-order chi connectivity index (χ1) is 9.08. The number of rotatable bonds is 6. The Bertz CT molecular complexity index is 309. The Morgan fingerprint density at radius 3 is 2.89 bits per heavy atom. The maximum Gasteiger partial charge on any atom is 0.302 e. The Morgan fingerprint density at radius 1 is 1.58 bits per heavy atom. The summed E-state index contributed by atoms with van der Waals surface area (Å²) in [6, 6.07) is 0. The van der Waals surface area contributed by atoms with Gasteiger partial charge in [-0.05, 0) is 30.4 Å². The molecule has 1 heterocycles. The fourth-order valence-electron chi connectivity index (χ4n) is 2.68. The number of likely N-dealkylation sites (tertiary alicyclic amines) is 1. The molecule has 0 bridgehead atoms. The lowest BCUT2D eigenvalue weighted by molar-refractivity contribution is -0.156. The molecule has 1 saturated heterocycles. The second-order valence-corrected chi connectivity index (χ2v) is 5.80. The van der Waals surface area contributed by atoms with Gasteiger partial charge in [-0.3, -0.25) is 4.79 Å². The number of methoxy groups -OCH3 is 1. The van der Waals surface area contributed by atoms with E-state index in [0.29, 0.717) is 0 Å². The van der Waals surface area contributed by atoms with Crippen molar-refractivity contribution < 1.29 is 14.3 Å². The Kier molecular flexibility index (Phi) is 7.94. The third kappa shape index (κ3) is 5.79. The van der Waals surface area contributed by atoms with Crippen molar-refractivity contribution in [2.75, 3.05) is 27.2 Å². The molecule has 3 atom stereocenters. The molecular weight excluding hydrogens is 353 g/mol. The van der Waals surface area contributed by atoms with Crippen LogP contribution in [0.3, 0.4) is 0 Å². The molecule has 5 heteroatoms. The third-order valence-corrected chi connectivity index (χ3v) is 4.11. The molecule has 0 aromatic rings. The third-order valence-electron chi connectivity index (χ3n) is 3.60. The van der Waals surface area contributed by atoms with E-state index in [1.165, 1.54) is 6.92 Å². The van der Waals surface area contributed by atoms with Crippen LogP contribution in [0.5, 0.6) is 0 Å². The zero-order chi connectivity index (χ0) is 14.3. The maximum absolute atomic E-state index is 11.2. The van der Waals surface area contributed by atoms with E-state index in [9.17, 15) is 4.79 Å². The number of carbonyl (C=O) groups is 1. The maximum atomic E-state index is 11.2. The van der Waals surface area contributed by atoms with Crippen molar-refractivity contribution in [3.63, 3.8) is 0 Å². The quantitative estimate of drug-likeness (QED) is 0.527. The highest BCUT2D eigenvalue weighted by molar-refractivity contribution is 14.1. The molecule has 0 saturated carbocycles. The minimum absolute atomic E-state index is 0.0118. The number of hydrogen-bond donors (Lipinski definition) is 0. The first-order valence-electron chi connectivity index (χ1n) is 6.72. The molecule has 1 fully saturated rings. The summed E-state index contributed by atoms with van der Waals surface area (Å²) >= 11 is 2.23. The zero-order valence-electron chi connectivity index (χ0n) is 12.0. The van der Waals surface area contributed by atoms with Gasteiger partial charge in [-0.2, -0.15) is 0 Å². The van der Waals surface area contributed by atoms with Gasteiger partial charge in [0.15, 0.2) is 0 Å². The summed E-state index contributed by atoms with van der Waals surface area (Å²) in [6.45, 7) is 3.37. The van der Waals surface area contributed by atoms with E-state index >= 15 is 0 Å². The van der Waals surface area contributed by atoms with E-state index in [1.54, 1.807) is 7.11 Å². The number of ether oxygens (including phenoxy) is 2. The molecule has 1 rings (SSSR count). The summed E-state index contributed by atoms with van der Waals surface area (Å²) in [6.07, 6.45) is 5.12. The van der Waals surface area contributed by atoms with Crippen LogP contribution in [-0.2, 0) is 14.3 Å². The highest BCUT2D eigenvalue weighted by atomic mass is 123. The van der Waals surface area contributed by atoms with Crippen LogP contribution >= 0.6 is 22.6 Å². The average Bonchev–Trinajstić information content (AvgIpc) is 2.37. The predicted octanol–water partition coefficient (Wildman–Crippen LogP) is 2.61. The lowest BCUT2D eigenvalue weighted by Gasteiger charge is -2.39. The molecule has 0 aromatic carbocycles. The van der Waals surface area contributed by atoms with Crippen molar-refractivity contribution in [1.82, 2.24) is 4.90 Å². The Balaban J connectivity index is 2.66. The van der Waals surface area contributed by atoms with E-state index < -0.39 is 0 Å². The average molecular weight is 377 g/mol. The molecule has 4 nitrogen and oxygen atoms in total. The first-order valence-corrected chi connectivity index (χ1v) is 7.96. The molecule has 0 radical (unpaired) electrons. The lowest BCUT2D eigenvalue weighted by Crippen LogP contribution is -2.48. The van der Waals surface area contributed by atoms with Crippen LogP contribution in [0.25, 0.3) is 0 Å². The monoisotopic (exact) mass is 377 g/mol. The van der Waals surface area contributed by atoms with E-state index in [-0.39, 0.29) is 24.1 Å². The molecule has 0 aliphatic carbocycles. The van der Waals surface area contributed by atoms with Crippen molar-refractivity contribution in [3.05, 3.63) is 10.2 Å². The fraction of sp³-hybridized carbons (Fsp3) is 0.786. The topological polar surface area (TPSA) is 38.8 Å². The van der Waals surface area contributed by atoms with Crippen LogP contribution in [0.1, 0.15) is 26.2 Å². The van der Waals surface area contributed by atoms with Gasteiger partial charge >= 0.3 is 5.97 Å².